The van der Waals surface area contributed by atoms with Crippen LogP contribution in [0.15, 0.2) is 11.6 Å². The number of allylic oxidation sites excluding steroid dienone is 1. The lowest BCUT2D eigenvalue weighted by Crippen LogP contribution is -2.69. The molecular formula is C36H58O11. The maximum atomic E-state index is 14.5. The van der Waals surface area contributed by atoms with Crippen molar-refractivity contribution in [1.82, 2.24) is 0 Å². The molecular weight excluding hydrogens is 608 g/mol. The van der Waals surface area contributed by atoms with Gasteiger partial charge < -0.3 is 50.3 Å². The molecule has 6 rings (SSSR count). The van der Waals surface area contributed by atoms with Gasteiger partial charge in [0.15, 0.2) is 0 Å². The molecule has 268 valence electrons. The molecule has 11 heteroatoms. The number of esters is 1. The van der Waals surface area contributed by atoms with Gasteiger partial charge >= 0.3 is 5.97 Å². The molecule has 1 saturated heterocycles. The zero-order valence-corrected chi connectivity index (χ0v) is 28.8. The molecule has 17 atom stereocenters. The fourth-order valence-electron chi connectivity index (χ4n) is 12.4. The van der Waals surface area contributed by atoms with Gasteiger partial charge in [0.05, 0.1) is 36.4 Å². The normalized spacial score (nSPS) is 57.5. The summed E-state index contributed by atoms with van der Waals surface area (Å²) in [5.74, 6) is -1.23. The van der Waals surface area contributed by atoms with Crippen molar-refractivity contribution in [3.63, 3.8) is 0 Å². The van der Waals surface area contributed by atoms with E-state index < -0.39 is 83.3 Å². The van der Waals surface area contributed by atoms with Gasteiger partial charge in [0.2, 0.25) is 6.29 Å². The van der Waals surface area contributed by atoms with Gasteiger partial charge in [0.25, 0.3) is 0 Å². The topological polar surface area (TPSA) is 197 Å². The predicted octanol–water partition coefficient (Wildman–Crippen LogP) is 1.41. The van der Waals surface area contributed by atoms with Gasteiger partial charge in [-0.1, -0.05) is 46.3 Å². The first kappa shape index (κ1) is 35.7. The van der Waals surface area contributed by atoms with E-state index in [2.05, 4.69) is 26.8 Å². The lowest BCUT2D eigenvalue weighted by atomic mass is 9.33. The summed E-state index contributed by atoms with van der Waals surface area (Å²) in [7, 11) is 0. The third-order valence-corrected chi connectivity index (χ3v) is 15.6. The van der Waals surface area contributed by atoms with E-state index in [1.54, 1.807) is 0 Å². The van der Waals surface area contributed by atoms with Crippen LogP contribution in [0, 0.1) is 50.7 Å². The second-order valence-corrected chi connectivity index (χ2v) is 17.5. The van der Waals surface area contributed by atoms with Gasteiger partial charge in [0, 0.05) is 11.3 Å². The zero-order chi connectivity index (χ0) is 34.7. The fourth-order valence-corrected chi connectivity index (χ4v) is 12.4. The second-order valence-electron chi connectivity index (χ2n) is 17.5. The first-order chi connectivity index (χ1) is 21.8. The van der Waals surface area contributed by atoms with Crippen LogP contribution < -0.4 is 0 Å². The Morgan fingerprint density at radius 1 is 0.915 bits per heavy atom. The molecule has 0 amide bonds. The van der Waals surface area contributed by atoms with Gasteiger partial charge in [-0.25, -0.2) is 0 Å². The van der Waals surface area contributed by atoms with Crippen molar-refractivity contribution in [3.8, 4) is 0 Å². The molecule has 5 aliphatic carbocycles. The van der Waals surface area contributed by atoms with E-state index in [0.29, 0.717) is 38.5 Å². The molecule has 0 spiro atoms. The van der Waals surface area contributed by atoms with Crippen molar-refractivity contribution in [3.05, 3.63) is 11.6 Å². The predicted molar refractivity (Wildman–Crippen MR) is 169 cm³/mol. The highest BCUT2D eigenvalue weighted by Crippen LogP contribution is 2.76. The summed E-state index contributed by atoms with van der Waals surface area (Å²) < 4.78 is 11.4. The third-order valence-electron chi connectivity index (χ3n) is 15.6. The van der Waals surface area contributed by atoms with Crippen LogP contribution in [0.5, 0.6) is 0 Å². The fraction of sp³-hybridized carbons (Fsp3) is 0.917. The summed E-state index contributed by atoms with van der Waals surface area (Å²) in [6.45, 7) is 11.6. The maximum absolute atomic E-state index is 14.5. The highest BCUT2D eigenvalue weighted by Gasteiger charge is 2.72. The molecule has 0 aromatic heterocycles. The highest BCUT2D eigenvalue weighted by molar-refractivity contribution is 5.79. The van der Waals surface area contributed by atoms with E-state index in [4.69, 9.17) is 9.47 Å². The highest BCUT2D eigenvalue weighted by atomic mass is 16.7. The molecule has 8 N–H and O–H groups in total. The van der Waals surface area contributed by atoms with Crippen LogP contribution in [0.2, 0.25) is 0 Å². The van der Waals surface area contributed by atoms with Gasteiger partial charge in [-0.3, -0.25) is 4.79 Å². The summed E-state index contributed by atoms with van der Waals surface area (Å²) in [5, 5.41) is 86.2. The van der Waals surface area contributed by atoms with Crippen molar-refractivity contribution < 1.29 is 55.1 Å². The van der Waals surface area contributed by atoms with E-state index in [0.717, 1.165) is 18.4 Å². The first-order valence-corrected chi connectivity index (χ1v) is 17.7. The van der Waals surface area contributed by atoms with Crippen molar-refractivity contribution >= 4 is 5.97 Å². The Labute approximate surface area is 278 Å². The minimum Gasteiger partial charge on any atom is -0.432 e. The Kier molecular flexibility index (Phi) is 8.68. The Morgan fingerprint density at radius 2 is 1.60 bits per heavy atom. The van der Waals surface area contributed by atoms with Gasteiger partial charge in [0.1, 0.15) is 24.4 Å². The minimum absolute atomic E-state index is 0.00373. The second kappa shape index (κ2) is 11.4. The number of carbonyl (C=O) groups excluding carboxylic acids is 1. The smallest absolute Gasteiger partial charge is 0.315 e. The SMILES string of the molecule is C[C@@H]1CC[C@]2(C(=O)O[C@@H]3O[C@H](CO)[C@@H](O)[C@H](O)[C@H]3O)CC[C@]3(C)C(=CC[C@@H]4[C@@]5(C)C[C@@H](O)[C@H](O)[C@@](C)(CO)[C@@H]5CC[C@]43C)[C@@H]2[C@]1(C)O. The lowest BCUT2D eigenvalue weighted by molar-refractivity contribution is -0.299. The van der Waals surface area contributed by atoms with Crippen molar-refractivity contribution in [2.45, 2.75) is 141 Å². The molecule has 5 fully saturated rings. The number of ether oxygens (including phenoxy) is 2. The number of aliphatic hydroxyl groups is 8. The Bertz CT molecular complexity index is 1270. The number of aliphatic hydroxyl groups excluding tert-OH is 7. The van der Waals surface area contributed by atoms with Gasteiger partial charge in [-0.05, 0) is 92.3 Å². The Balaban J connectivity index is 1.40. The van der Waals surface area contributed by atoms with Crippen LogP contribution in [0.25, 0.3) is 0 Å². The molecule has 1 heterocycles. The zero-order valence-electron chi connectivity index (χ0n) is 28.8. The summed E-state index contributed by atoms with van der Waals surface area (Å²) in [4.78, 5) is 14.5. The molecule has 1 aliphatic heterocycles. The average Bonchev–Trinajstić information content (AvgIpc) is 3.02. The van der Waals surface area contributed by atoms with Crippen molar-refractivity contribution in [2.75, 3.05) is 13.2 Å². The standard InChI is InChI=1S/C36H58O11/c1-18-9-12-36(30(44)47-29-26(42)25(41)24(40)21(16-37)46-29)14-13-33(4)19(27(36)35(18,6)45)7-8-23-31(2)15-20(39)28(43)32(3,17-38)22(31)10-11-34(23,33)5/h7,18,20-29,37-43,45H,8-17H2,1-6H3/t18-,20-,21-,22-,23-,24-,25+,26-,27-,28+,29+,31+,32+,33-,34-,35-,36+/m1/s1. The minimum atomic E-state index is -1.72. The summed E-state index contributed by atoms with van der Waals surface area (Å²) in [5.41, 5.74) is -3.27. The maximum Gasteiger partial charge on any atom is 0.315 e. The largest absolute Gasteiger partial charge is 0.432 e. The molecule has 0 unspecified atom stereocenters. The molecule has 6 aliphatic rings. The van der Waals surface area contributed by atoms with E-state index >= 15 is 0 Å². The van der Waals surface area contributed by atoms with Crippen molar-refractivity contribution in [1.29, 1.82) is 0 Å². The van der Waals surface area contributed by atoms with E-state index in [1.807, 2.05) is 20.8 Å². The van der Waals surface area contributed by atoms with Crippen molar-refractivity contribution in [2.24, 2.45) is 50.7 Å². The molecule has 0 bridgehead atoms. The van der Waals surface area contributed by atoms with Crippen LogP contribution in [0.1, 0.15) is 92.9 Å². The summed E-state index contributed by atoms with van der Waals surface area (Å²) in [6.07, 6.45) is -2.75. The van der Waals surface area contributed by atoms with Crippen LogP contribution in [0.4, 0.5) is 0 Å². The number of carbonyl (C=O) groups is 1. The van der Waals surface area contributed by atoms with Crippen LogP contribution in [-0.4, -0.2) is 109 Å². The summed E-state index contributed by atoms with van der Waals surface area (Å²) >= 11 is 0. The van der Waals surface area contributed by atoms with E-state index in [9.17, 15) is 45.6 Å². The molecule has 0 aromatic rings. The van der Waals surface area contributed by atoms with Gasteiger partial charge in [-0.2, -0.15) is 0 Å². The van der Waals surface area contributed by atoms with E-state index in [-0.39, 0.29) is 35.2 Å². The monoisotopic (exact) mass is 666 g/mol. The van der Waals surface area contributed by atoms with Crippen LogP contribution in [-0.2, 0) is 14.3 Å². The number of fused-ring (bicyclic) bond motifs is 7. The third kappa shape index (κ3) is 4.60. The number of rotatable bonds is 4. The van der Waals surface area contributed by atoms with E-state index in [1.165, 1.54) is 0 Å². The molecule has 0 radical (unpaired) electrons. The Hall–Kier alpha value is -1.15. The quantitative estimate of drug-likeness (QED) is 0.160. The first-order valence-electron chi connectivity index (χ1n) is 17.7. The molecule has 11 nitrogen and oxygen atoms in total. The number of hydrogen-bond acceptors (Lipinski definition) is 11. The number of hydrogen-bond donors (Lipinski definition) is 8. The molecule has 4 saturated carbocycles. The van der Waals surface area contributed by atoms with Crippen LogP contribution in [0.3, 0.4) is 0 Å². The molecule has 0 aromatic carbocycles. The van der Waals surface area contributed by atoms with Gasteiger partial charge in [-0.15, -0.1) is 0 Å². The molecule has 47 heavy (non-hydrogen) atoms. The lowest BCUT2D eigenvalue weighted by Gasteiger charge is -2.72. The van der Waals surface area contributed by atoms with Crippen LogP contribution >= 0.6 is 0 Å². The Morgan fingerprint density at radius 3 is 2.23 bits per heavy atom. The summed E-state index contributed by atoms with van der Waals surface area (Å²) in [6, 6.07) is 0. The average molecular weight is 667 g/mol.